The zero-order valence-electron chi connectivity index (χ0n) is 14.4. The molecule has 1 aromatic heterocycles. The first-order valence-corrected chi connectivity index (χ1v) is 7.40. The highest BCUT2D eigenvalue weighted by atomic mass is 16.6. The largest absolute Gasteiger partial charge is 0.464 e. The summed E-state index contributed by atoms with van der Waals surface area (Å²) in [5.74, 6) is -0.784. The average molecular weight is 342 g/mol. The third kappa shape index (κ3) is 3.17. The van der Waals surface area contributed by atoms with Crippen molar-refractivity contribution in [2.75, 3.05) is 12.8 Å². The Hall–Kier alpha value is -3.34. The van der Waals surface area contributed by atoms with E-state index >= 15 is 0 Å². The van der Waals surface area contributed by atoms with Crippen molar-refractivity contribution in [2.45, 2.75) is 26.2 Å². The minimum atomic E-state index is -0.784. The van der Waals surface area contributed by atoms with Crippen LogP contribution in [0.25, 0.3) is 5.69 Å². The predicted octanol–water partition coefficient (Wildman–Crippen LogP) is 2.92. The number of nitro benzene ring substituents is 1. The quantitative estimate of drug-likeness (QED) is 0.519. The molecule has 0 atom stereocenters. The Morgan fingerprint density at radius 3 is 2.52 bits per heavy atom. The Morgan fingerprint density at radius 1 is 1.40 bits per heavy atom. The molecular formula is C17H18N4O4. The number of benzene rings is 1. The van der Waals surface area contributed by atoms with Gasteiger partial charge >= 0.3 is 5.97 Å². The van der Waals surface area contributed by atoms with Crippen molar-refractivity contribution in [2.24, 2.45) is 0 Å². The molecule has 0 fully saturated rings. The van der Waals surface area contributed by atoms with Crippen molar-refractivity contribution in [1.82, 2.24) is 4.57 Å². The summed E-state index contributed by atoms with van der Waals surface area (Å²) in [6, 6.07) is 6.60. The van der Waals surface area contributed by atoms with Crippen molar-refractivity contribution in [3.05, 3.63) is 51.3 Å². The SMILES string of the molecule is COC(=O)c1c(N)c(C#N)cn1-c1ccc(C(C)(C)C)cc1[N+](=O)[O-]. The number of aromatic nitrogens is 1. The molecule has 1 heterocycles. The number of hydrogen-bond acceptors (Lipinski definition) is 6. The second-order valence-corrected chi connectivity index (χ2v) is 6.49. The predicted molar refractivity (Wildman–Crippen MR) is 91.6 cm³/mol. The van der Waals surface area contributed by atoms with E-state index in [0.717, 1.165) is 5.56 Å². The summed E-state index contributed by atoms with van der Waals surface area (Å²) in [4.78, 5) is 23.1. The van der Waals surface area contributed by atoms with E-state index < -0.39 is 10.9 Å². The fraction of sp³-hybridized carbons (Fsp3) is 0.294. The van der Waals surface area contributed by atoms with Gasteiger partial charge in [0.05, 0.1) is 23.3 Å². The monoisotopic (exact) mass is 342 g/mol. The zero-order valence-corrected chi connectivity index (χ0v) is 14.4. The van der Waals surface area contributed by atoms with Crippen LogP contribution < -0.4 is 5.73 Å². The average Bonchev–Trinajstić information content (AvgIpc) is 2.89. The molecule has 8 heteroatoms. The first-order chi connectivity index (χ1) is 11.6. The number of esters is 1. The summed E-state index contributed by atoms with van der Waals surface area (Å²) in [6.07, 6.45) is 1.29. The van der Waals surface area contributed by atoms with Crippen LogP contribution in [0.3, 0.4) is 0 Å². The summed E-state index contributed by atoms with van der Waals surface area (Å²) < 4.78 is 5.92. The van der Waals surface area contributed by atoms with Crippen LogP contribution in [0.15, 0.2) is 24.4 Å². The van der Waals surface area contributed by atoms with E-state index in [2.05, 4.69) is 0 Å². The fourth-order valence-electron chi connectivity index (χ4n) is 2.44. The summed E-state index contributed by atoms with van der Waals surface area (Å²) in [6.45, 7) is 5.81. The number of ether oxygens (including phenoxy) is 1. The second-order valence-electron chi connectivity index (χ2n) is 6.49. The van der Waals surface area contributed by atoms with Gasteiger partial charge in [0, 0.05) is 12.3 Å². The van der Waals surface area contributed by atoms with Gasteiger partial charge in [-0.2, -0.15) is 5.26 Å². The number of nitrogens with zero attached hydrogens (tertiary/aromatic N) is 3. The van der Waals surface area contributed by atoms with Gasteiger partial charge in [-0.05, 0) is 17.0 Å². The van der Waals surface area contributed by atoms with E-state index in [1.807, 2.05) is 26.8 Å². The van der Waals surface area contributed by atoms with Gasteiger partial charge in [-0.15, -0.1) is 0 Å². The van der Waals surface area contributed by atoms with Crippen molar-refractivity contribution in [3.8, 4) is 11.8 Å². The summed E-state index contributed by atoms with van der Waals surface area (Å²) in [7, 11) is 1.17. The zero-order chi connectivity index (χ0) is 18.9. The van der Waals surface area contributed by atoms with Crippen molar-refractivity contribution >= 4 is 17.3 Å². The minimum absolute atomic E-state index is 0.0367. The first kappa shape index (κ1) is 18.0. The molecule has 0 saturated heterocycles. The molecule has 2 aromatic rings. The molecule has 0 radical (unpaired) electrons. The summed E-state index contributed by atoms with van der Waals surface area (Å²) in [5, 5.41) is 20.7. The third-order valence-electron chi connectivity index (χ3n) is 3.84. The van der Waals surface area contributed by atoms with Crippen molar-refractivity contribution in [1.29, 1.82) is 5.26 Å². The van der Waals surface area contributed by atoms with E-state index in [1.165, 1.54) is 30.0 Å². The fourth-order valence-corrected chi connectivity index (χ4v) is 2.44. The van der Waals surface area contributed by atoms with E-state index in [9.17, 15) is 14.9 Å². The number of methoxy groups -OCH3 is 1. The normalized spacial score (nSPS) is 11.0. The number of nitriles is 1. The van der Waals surface area contributed by atoms with Crippen LogP contribution in [0.4, 0.5) is 11.4 Å². The van der Waals surface area contributed by atoms with E-state index in [1.54, 1.807) is 6.07 Å². The number of hydrogen-bond donors (Lipinski definition) is 1. The van der Waals surface area contributed by atoms with Crippen LogP contribution in [0, 0.1) is 21.4 Å². The molecule has 0 spiro atoms. The lowest BCUT2D eigenvalue weighted by Crippen LogP contribution is -2.14. The molecule has 0 aliphatic rings. The number of nitrogen functional groups attached to an aromatic ring is 1. The van der Waals surface area contributed by atoms with Gasteiger partial charge in [0.25, 0.3) is 5.69 Å². The Bertz CT molecular complexity index is 901. The highest BCUT2D eigenvalue weighted by Gasteiger charge is 2.27. The first-order valence-electron chi connectivity index (χ1n) is 7.40. The second kappa shape index (κ2) is 6.28. The lowest BCUT2D eigenvalue weighted by atomic mass is 9.86. The van der Waals surface area contributed by atoms with Crippen LogP contribution in [0.1, 0.15) is 42.4 Å². The lowest BCUT2D eigenvalue weighted by molar-refractivity contribution is -0.384. The number of rotatable bonds is 3. The van der Waals surface area contributed by atoms with Gasteiger partial charge in [-0.25, -0.2) is 4.79 Å². The van der Waals surface area contributed by atoms with Crippen LogP contribution in [-0.4, -0.2) is 22.6 Å². The summed E-state index contributed by atoms with van der Waals surface area (Å²) >= 11 is 0. The Kier molecular flexibility index (Phi) is 4.52. The highest BCUT2D eigenvalue weighted by Crippen LogP contribution is 2.33. The molecule has 2 rings (SSSR count). The molecule has 0 amide bonds. The standard InChI is InChI=1S/C17H18N4O4/c1-17(2,3)11-5-6-12(13(7-11)21(23)24)20-9-10(8-18)14(19)15(20)16(22)25-4/h5-7,9H,19H2,1-4H3. The van der Waals surface area contributed by atoms with Crippen LogP contribution in [0.5, 0.6) is 0 Å². The lowest BCUT2D eigenvalue weighted by Gasteiger charge is -2.19. The number of nitro groups is 1. The number of anilines is 1. The number of nitrogens with two attached hydrogens (primary N) is 1. The number of carbonyl (C=O) groups excluding carboxylic acids is 1. The van der Waals surface area contributed by atoms with Gasteiger partial charge in [0.2, 0.25) is 0 Å². The van der Waals surface area contributed by atoms with E-state index in [-0.39, 0.29) is 33.7 Å². The molecule has 0 saturated carbocycles. The molecule has 0 aliphatic heterocycles. The van der Waals surface area contributed by atoms with Gasteiger partial charge in [-0.1, -0.05) is 26.8 Å². The molecule has 0 unspecified atom stereocenters. The van der Waals surface area contributed by atoms with Crippen LogP contribution in [0.2, 0.25) is 0 Å². The minimum Gasteiger partial charge on any atom is -0.464 e. The number of carbonyl (C=O) groups is 1. The Labute approximate surface area is 144 Å². The van der Waals surface area contributed by atoms with E-state index in [4.69, 9.17) is 15.7 Å². The van der Waals surface area contributed by atoms with Crippen LogP contribution >= 0.6 is 0 Å². The topological polar surface area (TPSA) is 124 Å². The maximum absolute atomic E-state index is 12.1. The molecule has 8 nitrogen and oxygen atoms in total. The maximum Gasteiger partial charge on any atom is 0.357 e. The maximum atomic E-state index is 12.1. The van der Waals surface area contributed by atoms with Crippen molar-refractivity contribution in [3.63, 3.8) is 0 Å². The molecule has 2 N–H and O–H groups in total. The van der Waals surface area contributed by atoms with E-state index in [0.29, 0.717) is 0 Å². The van der Waals surface area contributed by atoms with Crippen molar-refractivity contribution < 1.29 is 14.5 Å². The van der Waals surface area contributed by atoms with Gasteiger partial charge in [-0.3, -0.25) is 10.1 Å². The van der Waals surface area contributed by atoms with Gasteiger partial charge < -0.3 is 15.0 Å². The molecule has 130 valence electrons. The molecule has 0 aliphatic carbocycles. The highest BCUT2D eigenvalue weighted by molar-refractivity contribution is 5.96. The molecule has 1 aromatic carbocycles. The van der Waals surface area contributed by atoms with Gasteiger partial charge in [0.15, 0.2) is 5.69 Å². The van der Waals surface area contributed by atoms with Crippen LogP contribution in [-0.2, 0) is 10.2 Å². The Balaban J connectivity index is 2.81. The molecule has 25 heavy (non-hydrogen) atoms. The molecule has 0 bridgehead atoms. The smallest absolute Gasteiger partial charge is 0.357 e. The molecular weight excluding hydrogens is 324 g/mol. The summed E-state index contributed by atoms with van der Waals surface area (Å²) in [5.41, 5.74) is 6.09. The Morgan fingerprint density at radius 2 is 2.04 bits per heavy atom. The third-order valence-corrected chi connectivity index (χ3v) is 3.84. The van der Waals surface area contributed by atoms with Gasteiger partial charge in [0.1, 0.15) is 11.8 Å².